The van der Waals surface area contributed by atoms with Gasteiger partial charge in [-0.05, 0) is 80.3 Å². The van der Waals surface area contributed by atoms with Crippen molar-refractivity contribution < 1.29 is 4.42 Å². The van der Waals surface area contributed by atoms with Crippen molar-refractivity contribution in [3.63, 3.8) is 0 Å². The minimum atomic E-state index is -2.07. The van der Waals surface area contributed by atoms with Crippen LogP contribution in [0.25, 0.3) is 75.1 Å². The summed E-state index contributed by atoms with van der Waals surface area (Å²) in [6.45, 7) is 4.98. The first kappa shape index (κ1) is 29.8. The van der Waals surface area contributed by atoms with Crippen molar-refractivity contribution in [1.29, 1.82) is 0 Å². The average Bonchev–Trinajstić information content (AvgIpc) is 3.83. The van der Waals surface area contributed by atoms with Crippen LogP contribution in [0.15, 0.2) is 168 Å². The van der Waals surface area contributed by atoms with Gasteiger partial charge in [-0.1, -0.05) is 134 Å². The highest BCUT2D eigenvalue weighted by Crippen LogP contribution is 2.46. The van der Waals surface area contributed by atoms with E-state index in [1.807, 2.05) is 11.3 Å². The lowest BCUT2D eigenvalue weighted by Gasteiger charge is -2.28. The van der Waals surface area contributed by atoms with Crippen molar-refractivity contribution in [2.75, 3.05) is 4.90 Å². The molecule has 3 heterocycles. The Morgan fingerprint density at radius 1 is 0.519 bits per heavy atom. The average molecular weight is 700 g/mol. The monoisotopic (exact) mass is 699 g/mol. The number of rotatable bonds is 4. The van der Waals surface area contributed by atoms with E-state index in [1.54, 1.807) is 0 Å². The Morgan fingerprint density at radius 3 is 2.12 bits per heavy atom. The maximum Gasteiger partial charge on any atom is 0.143 e. The zero-order chi connectivity index (χ0) is 34.6. The predicted molar refractivity (Wildman–Crippen MR) is 226 cm³/mol. The molecular formula is C48H33NOSSi. The molecule has 2 aromatic heterocycles. The van der Waals surface area contributed by atoms with Gasteiger partial charge in [0.15, 0.2) is 0 Å². The second kappa shape index (κ2) is 11.0. The number of hydrogen-bond acceptors (Lipinski definition) is 3. The van der Waals surface area contributed by atoms with Gasteiger partial charge in [-0.3, -0.25) is 0 Å². The first-order chi connectivity index (χ1) is 25.5. The second-order valence-corrected chi connectivity index (χ2v) is 19.9. The molecule has 1 aliphatic rings. The number of thiophene rings is 1. The molecule has 0 saturated heterocycles. The summed E-state index contributed by atoms with van der Waals surface area (Å²) >= 11 is 1.88. The second-order valence-electron chi connectivity index (χ2n) is 14.5. The van der Waals surface area contributed by atoms with E-state index in [1.165, 1.54) is 85.7 Å². The van der Waals surface area contributed by atoms with Gasteiger partial charge >= 0.3 is 0 Å². The first-order valence-electron chi connectivity index (χ1n) is 17.9. The molecular weight excluding hydrogens is 667 g/mol. The van der Waals surface area contributed by atoms with Crippen LogP contribution >= 0.6 is 11.3 Å². The highest BCUT2D eigenvalue weighted by Gasteiger charge is 2.40. The molecule has 2 nitrogen and oxygen atoms in total. The lowest BCUT2D eigenvalue weighted by atomic mass is 9.98. The molecule has 10 aromatic rings. The lowest BCUT2D eigenvalue weighted by molar-refractivity contribution is 0.670. The number of fused-ring (bicyclic) bond motifs is 11. The van der Waals surface area contributed by atoms with Crippen LogP contribution < -0.4 is 15.3 Å². The largest absolute Gasteiger partial charge is 0.455 e. The van der Waals surface area contributed by atoms with Crippen molar-refractivity contribution in [3.05, 3.63) is 164 Å². The minimum Gasteiger partial charge on any atom is -0.455 e. The Kier molecular flexibility index (Phi) is 6.31. The van der Waals surface area contributed by atoms with Crippen LogP contribution in [-0.2, 0) is 0 Å². The van der Waals surface area contributed by atoms with Gasteiger partial charge in [0, 0.05) is 43.2 Å². The van der Waals surface area contributed by atoms with Crippen LogP contribution in [0.2, 0.25) is 13.1 Å². The third kappa shape index (κ3) is 4.22. The molecule has 0 amide bonds. The van der Waals surface area contributed by atoms with Crippen molar-refractivity contribution in [2.24, 2.45) is 0 Å². The molecule has 0 saturated carbocycles. The SMILES string of the molecule is C[Si]1(C)c2cc(N(c3ccc(-c4cccc5ccccc45)cc3)c3cccc4c3sc3ccccc34)ccc2-c2c1ccc1c2oc2ccccc21. The molecule has 0 N–H and O–H groups in total. The fourth-order valence-electron chi connectivity index (χ4n) is 8.73. The smallest absolute Gasteiger partial charge is 0.143 e. The van der Waals surface area contributed by atoms with Crippen molar-refractivity contribution in [3.8, 4) is 22.3 Å². The zero-order valence-electron chi connectivity index (χ0n) is 28.9. The molecule has 0 bridgehead atoms. The van der Waals surface area contributed by atoms with Crippen molar-refractivity contribution >= 4 is 99.7 Å². The molecule has 0 radical (unpaired) electrons. The molecule has 52 heavy (non-hydrogen) atoms. The fraction of sp³-hybridized carbons (Fsp3) is 0.0417. The van der Waals surface area contributed by atoms with Crippen LogP contribution in [-0.4, -0.2) is 8.07 Å². The van der Waals surface area contributed by atoms with E-state index in [9.17, 15) is 0 Å². The summed E-state index contributed by atoms with van der Waals surface area (Å²) in [6, 6.07) is 60.2. The molecule has 0 unspecified atom stereocenters. The summed E-state index contributed by atoms with van der Waals surface area (Å²) in [5, 5.41) is 10.4. The highest BCUT2D eigenvalue weighted by atomic mass is 32.1. The number of nitrogens with zero attached hydrogens (tertiary/aromatic N) is 1. The summed E-state index contributed by atoms with van der Waals surface area (Å²) in [6.07, 6.45) is 0. The summed E-state index contributed by atoms with van der Waals surface area (Å²) < 4.78 is 9.23. The van der Waals surface area contributed by atoms with Gasteiger partial charge in [-0.2, -0.15) is 0 Å². The number of benzene rings is 8. The van der Waals surface area contributed by atoms with Crippen molar-refractivity contribution in [2.45, 2.75) is 13.1 Å². The summed E-state index contributed by atoms with van der Waals surface area (Å²) in [4.78, 5) is 2.48. The topological polar surface area (TPSA) is 16.4 Å². The van der Waals surface area contributed by atoms with E-state index in [-0.39, 0.29) is 0 Å². The van der Waals surface area contributed by atoms with E-state index in [0.29, 0.717) is 0 Å². The lowest BCUT2D eigenvalue weighted by Crippen LogP contribution is -2.49. The third-order valence-corrected chi connectivity index (χ3v) is 16.0. The van der Waals surface area contributed by atoms with Gasteiger partial charge in [0.05, 0.1) is 10.4 Å². The Morgan fingerprint density at radius 2 is 1.23 bits per heavy atom. The zero-order valence-corrected chi connectivity index (χ0v) is 30.7. The predicted octanol–water partition coefficient (Wildman–Crippen LogP) is 13.0. The van der Waals surface area contributed by atoms with E-state index >= 15 is 0 Å². The van der Waals surface area contributed by atoms with E-state index < -0.39 is 8.07 Å². The number of furan rings is 1. The first-order valence-corrected chi connectivity index (χ1v) is 21.7. The Hall–Kier alpha value is -5.94. The van der Waals surface area contributed by atoms with Gasteiger partial charge in [0.25, 0.3) is 0 Å². The summed E-state index contributed by atoms with van der Waals surface area (Å²) in [7, 11) is -2.07. The van der Waals surface area contributed by atoms with Crippen LogP contribution in [0.1, 0.15) is 0 Å². The molecule has 0 spiro atoms. The van der Waals surface area contributed by atoms with Gasteiger partial charge in [0.2, 0.25) is 0 Å². The maximum absolute atomic E-state index is 6.63. The molecule has 8 aromatic carbocycles. The third-order valence-electron chi connectivity index (χ3n) is 11.3. The Labute approximate surface area is 306 Å². The number of para-hydroxylation sites is 1. The molecule has 0 aliphatic carbocycles. The van der Waals surface area contributed by atoms with E-state index in [0.717, 1.165) is 16.9 Å². The fourth-order valence-corrected chi connectivity index (χ4v) is 13.0. The van der Waals surface area contributed by atoms with Gasteiger partial charge in [0.1, 0.15) is 19.2 Å². The summed E-state index contributed by atoms with van der Waals surface area (Å²) in [5.41, 5.74) is 10.5. The number of anilines is 3. The molecule has 4 heteroatoms. The molecule has 11 rings (SSSR count). The van der Waals surface area contributed by atoms with E-state index in [4.69, 9.17) is 4.42 Å². The maximum atomic E-state index is 6.63. The molecule has 246 valence electrons. The van der Waals surface area contributed by atoms with Crippen LogP contribution in [0.4, 0.5) is 17.1 Å². The molecule has 1 aliphatic heterocycles. The molecule has 0 fully saturated rings. The normalized spacial score (nSPS) is 13.3. The Bertz CT molecular complexity index is 3050. The van der Waals surface area contributed by atoms with Crippen LogP contribution in [0.5, 0.6) is 0 Å². The highest BCUT2D eigenvalue weighted by molar-refractivity contribution is 7.26. The summed E-state index contributed by atoms with van der Waals surface area (Å²) in [5.74, 6) is 0. The number of hydrogen-bond donors (Lipinski definition) is 0. The molecule has 0 atom stereocenters. The quantitative estimate of drug-likeness (QED) is 0.170. The van der Waals surface area contributed by atoms with Gasteiger partial charge in [-0.25, -0.2) is 0 Å². The van der Waals surface area contributed by atoms with E-state index in [2.05, 4.69) is 182 Å². The van der Waals surface area contributed by atoms with Crippen LogP contribution in [0, 0.1) is 0 Å². The standard InChI is InChI=1S/C48H33NOSSi/c1-52(2)44-28-27-38-36-14-5-7-19-42(36)50-47(38)46(44)40-26-25-33(29-45(40)52)49(41-18-10-17-39-37-15-6-8-20-43(37)51-48(39)41)32-23-21-31(22-24-32)35-16-9-12-30-11-3-4-13-34(30)35/h3-29H,1-2H3. The van der Waals surface area contributed by atoms with Gasteiger partial charge < -0.3 is 9.32 Å². The van der Waals surface area contributed by atoms with Crippen molar-refractivity contribution in [1.82, 2.24) is 0 Å². The van der Waals surface area contributed by atoms with Gasteiger partial charge in [-0.15, -0.1) is 11.3 Å². The Balaban J connectivity index is 1.12. The minimum absolute atomic E-state index is 0.949. The van der Waals surface area contributed by atoms with Crippen LogP contribution in [0.3, 0.4) is 0 Å².